The highest BCUT2D eigenvalue weighted by Crippen LogP contribution is 2.28. The van der Waals surface area contributed by atoms with E-state index in [1.54, 1.807) is 0 Å². The Morgan fingerprint density at radius 3 is 2.26 bits per heavy atom. The Labute approximate surface area is 117 Å². The number of benzene rings is 1. The first kappa shape index (κ1) is 15.6. The van der Waals surface area contributed by atoms with Gasteiger partial charge in [0.25, 0.3) is 0 Å². The maximum atomic E-state index is 9.34. The van der Waals surface area contributed by atoms with Crippen molar-refractivity contribution in [3.8, 4) is 11.8 Å². The van der Waals surface area contributed by atoms with Crippen molar-refractivity contribution in [3.63, 3.8) is 0 Å². The molecule has 2 unspecified atom stereocenters. The van der Waals surface area contributed by atoms with Crippen molar-refractivity contribution in [1.29, 1.82) is 5.26 Å². The van der Waals surface area contributed by atoms with Crippen LogP contribution >= 0.6 is 0 Å². The van der Waals surface area contributed by atoms with Gasteiger partial charge in [-0.3, -0.25) is 0 Å². The van der Waals surface area contributed by atoms with Crippen LogP contribution < -0.4 is 4.74 Å². The molecule has 0 saturated carbocycles. The highest BCUT2D eigenvalue weighted by molar-refractivity contribution is 5.32. The molecule has 1 aromatic carbocycles. The summed E-state index contributed by atoms with van der Waals surface area (Å²) in [5, 5.41) is 9.34. The van der Waals surface area contributed by atoms with Crippen molar-refractivity contribution in [1.82, 2.24) is 0 Å². The minimum absolute atomic E-state index is 0.0147. The lowest BCUT2D eigenvalue weighted by molar-refractivity contribution is 0.271. The second kappa shape index (κ2) is 7.84. The monoisotopic (exact) mass is 259 g/mol. The molecular formula is C17H25NO. The van der Waals surface area contributed by atoms with Crippen LogP contribution in [0, 0.1) is 23.2 Å². The molecule has 104 valence electrons. The molecule has 2 heteroatoms. The van der Waals surface area contributed by atoms with Crippen molar-refractivity contribution in [2.24, 2.45) is 11.8 Å². The number of hydrogen-bond acceptors (Lipinski definition) is 2. The number of nitrogens with zero attached hydrogens (tertiary/aromatic N) is 1. The largest absolute Gasteiger partial charge is 0.493 e. The first-order chi connectivity index (χ1) is 9.08. The lowest BCUT2D eigenvalue weighted by Gasteiger charge is -2.17. The van der Waals surface area contributed by atoms with Crippen LogP contribution in [0.5, 0.6) is 5.75 Å². The third-order valence-corrected chi connectivity index (χ3v) is 3.27. The Hall–Kier alpha value is -1.49. The molecule has 0 amide bonds. The van der Waals surface area contributed by atoms with E-state index in [2.05, 4.69) is 33.8 Å². The molecule has 0 heterocycles. The van der Waals surface area contributed by atoms with Crippen molar-refractivity contribution >= 4 is 0 Å². The number of rotatable bonds is 7. The van der Waals surface area contributed by atoms with Gasteiger partial charge in [-0.25, -0.2) is 0 Å². The molecule has 0 bridgehead atoms. The molecule has 2 atom stereocenters. The maximum Gasteiger partial charge on any atom is 0.119 e. The summed E-state index contributed by atoms with van der Waals surface area (Å²) < 4.78 is 5.66. The molecule has 0 fully saturated rings. The van der Waals surface area contributed by atoms with Gasteiger partial charge in [0.1, 0.15) is 5.75 Å². The summed E-state index contributed by atoms with van der Waals surface area (Å²) in [5.74, 6) is 1.80. The summed E-state index contributed by atoms with van der Waals surface area (Å²) in [7, 11) is 0. The van der Waals surface area contributed by atoms with Crippen LogP contribution in [0.4, 0.5) is 0 Å². The molecule has 0 aliphatic rings. The molecule has 0 N–H and O–H groups in total. The lowest BCUT2D eigenvalue weighted by atomic mass is 9.86. The predicted octanol–water partition coefficient (Wildman–Crippen LogP) is 4.76. The molecule has 0 aromatic heterocycles. The summed E-state index contributed by atoms with van der Waals surface area (Å²) in [5.41, 5.74) is 1.10. The van der Waals surface area contributed by atoms with Crippen molar-refractivity contribution < 1.29 is 4.74 Å². The fourth-order valence-electron chi connectivity index (χ4n) is 2.19. The van der Waals surface area contributed by atoms with Gasteiger partial charge in [0.05, 0.1) is 18.6 Å². The van der Waals surface area contributed by atoms with E-state index in [1.165, 1.54) is 0 Å². The number of ether oxygens (including phenoxy) is 1. The van der Waals surface area contributed by atoms with E-state index in [0.717, 1.165) is 30.8 Å². The van der Waals surface area contributed by atoms with Crippen LogP contribution in [0.3, 0.4) is 0 Å². The van der Waals surface area contributed by atoms with E-state index in [0.29, 0.717) is 11.8 Å². The van der Waals surface area contributed by atoms with Gasteiger partial charge in [0.15, 0.2) is 0 Å². The third-order valence-electron chi connectivity index (χ3n) is 3.27. The van der Waals surface area contributed by atoms with Gasteiger partial charge >= 0.3 is 0 Å². The van der Waals surface area contributed by atoms with E-state index >= 15 is 0 Å². The topological polar surface area (TPSA) is 33.0 Å². The van der Waals surface area contributed by atoms with Gasteiger partial charge in [-0.05, 0) is 36.0 Å². The van der Waals surface area contributed by atoms with Gasteiger partial charge in [-0.2, -0.15) is 5.26 Å². The Morgan fingerprint density at radius 2 is 1.79 bits per heavy atom. The minimum atomic E-state index is -0.0147. The molecule has 0 aliphatic carbocycles. The Kier molecular flexibility index (Phi) is 6.42. The quantitative estimate of drug-likeness (QED) is 0.707. The minimum Gasteiger partial charge on any atom is -0.493 e. The molecule has 1 aromatic rings. The van der Waals surface area contributed by atoms with Crippen molar-refractivity contribution in [3.05, 3.63) is 29.8 Å². The average Bonchev–Trinajstić information content (AvgIpc) is 2.39. The Bertz CT molecular complexity index is 402. The highest BCUT2D eigenvalue weighted by atomic mass is 16.5. The fraction of sp³-hybridized carbons (Fsp3) is 0.588. The van der Waals surface area contributed by atoms with Gasteiger partial charge < -0.3 is 4.74 Å². The van der Waals surface area contributed by atoms with E-state index in [4.69, 9.17) is 4.74 Å². The second-order valence-corrected chi connectivity index (χ2v) is 5.65. The smallest absolute Gasteiger partial charge is 0.119 e. The summed E-state index contributed by atoms with van der Waals surface area (Å²) in [6.45, 7) is 9.31. The van der Waals surface area contributed by atoms with Crippen molar-refractivity contribution in [2.45, 2.75) is 46.5 Å². The fourth-order valence-corrected chi connectivity index (χ4v) is 2.19. The van der Waals surface area contributed by atoms with Crippen LogP contribution in [0.25, 0.3) is 0 Å². The zero-order chi connectivity index (χ0) is 14.3. The van der Waals surface area contributed by atoms with Gasteiger partial charge in [-0.15, -0.1) is 0 Å². The molecule has 0 saturated heterocycles. The van der Waals surface area contributed by atoms with Crippen molar-refractivity contribution in [2.75, 3.05) is 6.61 Å². The standard InChI is InChI=1S/C17H25NO/c1-5-6-14(4)17(11-18)15-7-9-16(10-8-15)19-12-13(2)3/h7-10,13-14,17H,5-6,12H2,1-4H3. The molecule has 19 heavy (non-hydrogen) atoms. The lowest BCUT2D eigenvalue weighted by Crippen LogP contribution is -2.08. The molecule has 0 spiro atoms. The molecule has 0 aliphatic heterocycles. The summed E-state index contributed by atoms with van der Waals surface area (Å²) in [6, 6.07) is 10.4. The van der Waals surface area contributed by atoms with Crippen LogP contribution in [-0.2, 0) is 0 Å². The Balaban J connectivity index is 2.71. The van der Waals surface area contributed by atoms with Crippen LogP contribution in [0.1, 0.15) is 52.0 Å². The maximum absolute atomic E-state index is 9.34. The molecule has 0 radical (unpaired) electrons. The normalized spacial score (nSPS) is 13.9. The predicted molar refractivity (Wildman–Crippen MR) is 79.2 cm³/mol. The average molecular weight is 259 g/mol. The zero-order valence-corrected chi connectivity index (χ0v) is 12.5. The number of hydrogen-bond donors (Lipinski definition) is 0. The SMILES string of the molecule is CCCC(C)C(C#N)c1ccc(OCC(C)C)cc1. The van der Waals surface area contributed by atoms with Crippen LogP contribution in [0.2, 0.25) is 0 Å². The summed E-state index contributed by atoms with van der Waals surface area (Å²) in [6.07, 6.45) is 2.21. The van der Waals surface area contributed by atoms with E-state index in [-0.39, 0.29) is 5.92 Å². The molecular weight excluding hydrogens is 234 g/mol. The van der Waals surface area contributed by atoms with Gasteiger partial charge in [-0.1, -0.05) is 46.2 Å². The molecule has 1 rings (SSSR count). The van der Waals surface area contributed by atoms with E-state index < -0.39 is 0 Å². The first-order valence-corrected chi connectivity index (χ1v) is 7.20. The van der Waals surface area contributed by atoms with Crippen LogP contribution in [0.15, 0.2) is 24.3 Å². The van der Waals surface area contributed by atoms with E-state index in [9.17, 15) is 5.26 Å². The highest BCUT2D eigenvalue weighted by Gasteiger charge is 2.18. The van der Waals surface area contributed by atoms with Crippen LogP contribution in [-0.4, -0.2) is 6.61 Å². The summed E-state index contributed by atoms with van der Waals surface area (Å²) in [4.78, 5) is 0. The Morgan fingerprint density at radius 1 is 1.16 bits per heavy atom. The summed E-state index contributed by atoms with van der Waals surface area (Å²) >= 11 is 0. The van der Waals surface area contributed by atoms with Gasteiger partial charge in [0, 0.05) is 0 Å². The van der Waals surface area contributed by atoms with Gasteiger partial charge in [0.2, 0.25) is 0 Å². The molecule has 2 nitrogen and oxygen atoms in total. The third kappa shape index (κ3) is 4.95. The van der Waals surface area contributed by atoms with E-state index in [1.807, 2.05) is 24.3 Å². The number of nitriles is 1. The first-order valence-electron chi connectivity index (χ1n) is 7.20. The zero-order valence-electron chi connectivity index (χ0n) is 12.5. The second-order valence-electron chi connectivity index (χ2n) is 5.65.